The van der Waals surface area contributed by atoms with Crippen LogP contribution in [-0.4, -0.2) is 18.2 Å². The van der Waals surface area contributed by atoms with Crippen LogP contribution in [-0.2, 0) is 16.6 Å². The van der Waals surface area contributed by atoms with Crippen molar-refractivity contribution in [3.05, 3.63) is 90.6 Å². The lowest BCUT2D eigenvalue weighted by atomic mass is 10.2. The zero-order chi connectivity index (χ0) is 24.1. The molecule has 33 heavy (non-hydrogen) atoms. The number of nitrogens with one attached hydrogen (secondary N) is 2. The van der Waals surface area contributed by atoms with E-state index in [1.807, 2.05) is 0 Å². The largest absolute Gasteiger partial charge is 0.280 e. The molecule has 0 amide bonds. The van der Waals surface area contributed by atoms with Gasteiger partial charge in [-0.25, -0.2) is 17.2 Å². The summed E-state index contributed by atoms with van der Waals surface area (Å²) >= 11 is 18.3. The van der Waals surface area contributed by atoms with Crippen LogP contribution in [0.3, 0.4) is 0 Å². The lowest BCUT2D eigenvalue weighted by Crippen LogP contribution is -2.15. The van der Waals surface area contributed by atoms with Gasteiger partial charge in [-0.2, -0.15) is 0 Å². The van der Waals surface area contributed by atoms with Gasteiger partial charge in [-0.05, 0) is 54.4 Å². The Balaban J connectivity index is 1.74. The third-order valence-corrected chi connectivity index (χ3v) is 7.40. The van der Waals surface area contributed by atoms with Gasteiger partial charge in [0, 0.05) is 5.02 Å². The van der Waals surface area contributed by atoms with Crippen molar-refractivity contribution >= 4 is 61.4 Å². The third kappa shape index (κ3) is 4.59. The third-order valence-electron chi connectivity index (χ3n) is 4.89. The Labute approximate surface area is 201 Å². The van der Waals surface area contributed by atoms with E-state index in [2.05, 4.69) is 9.82 Å². The highest BCUT2D eigenvalue weighted by molar-refractivity contribution is 7.93. The fourth-order valence-corrected chi connectivity index (χ4v) is 5.98. The summed E-state index contributed by atoms with van der Waals surface area (Å²) in [5, 5.41) is 2.94. The molecular formula is C21H14Cl3F2N3O3S. The Bertz CT molecular complexity index is 1560. The summed E-state index contributed by atoms with van der Waals surface area (Å²) in [6, 6.07) is 8.82. The van der Waals surface area contributed by atoms with E-state index < -0.39 is 27.2 Å². The molecule has 0 aliphatic rings. The number of halogens is 5. The number of benzene rings is 3. The second kappa shape index (κ2) is 8.64. The van der Waals surface area contributed by atoms with Crippen LogP contribution in [0.1, 0.15) is 11.1 Å². The van der Waals surface area contributed by atoms with Crippen molar-refractivity contribution in [1.29, 1.82) is 0 Å². The summed E-state index contributed by atoms with van der Waals surface area (Å²) < 4.78 is 56.4. The molecule has 0 fully saturated rings. The monoisotopic (exact) mass is 531 g/mol. The maximum atomic E-state index is 13.5. The molecule has 6 nitrogen and oxygen atoms in total. The van der Waals surface area contributed by atoms with E-state index in [9.17, 15) is 22.0 Å². The fraction of sp³-hybridized carbons (Fsp3) is 0.0952. The van der Waals surface area contributed by atoms with E-state index in [1.54, 1.807) is 6.92 Å². The standard InChI is InChI=1S/C21H14Cl3F2N3O3S/c1-10-4-12(22)6-15(24)20(10)33(31,32)28-18-7-13-19(8-14(18)23)29(27-21(13)30)9-11-2-3-16(25)17(26)5-11/h2-8,28H,9H2,1H3,(H,27,30). The maximum Gasteiger partial charge on any atom is 0.272 e. The van der Waals surface area contributed by atoms with Gasteiger partial charge in [0.05, 0.1) is 33.2 Å². The molecule has 0 radical (unpaired) electrons. The molecule has 0 unspecified atom stereocenters. The van der Waals surface area contributed by atoms with Gasteiger partial charge in [-0.15, -0.1) is 0 Å². The van der Waals surface area contributed by atoms with Gasteiger partial charge in [0.15, 0.2) is 11.6 Å². The number of anilines is 1. The summed E-state index contributed by atoms with van der Waals surface area (Å²) in [7, 11) is -4.17. The van der Waals surface area contributed by atoms with Crippen molar-refractivity contribution in [1.82, 2.24) is 9.78 Å². The second-order valence-corrected chi connectivity index (χ2v) is 10.1. The van der Waals surface area contributed by atoms with E-state index in [0.717, 1.165) is 12.1 Å². The van der Waals surface area contributed by atoms with Crippen LogP contribution in [0, 0.1) is 18.6 Å². The molecule has 1 aromatic heterocycles. The van der Waals surface area contributed by atoms with Gasteiger partial charge in [0.2, 0.25) is 0 Å². The number of nitrogens with zero attached hydrogens (tertiary/aromatic N) is 1. The minimum atomic E-state index is -4.17. The fourth-order valence-electron chi connectivity index (χ4n) is 3.46. The lowest BCUT2D eigenvalue weighted by Gasteiger charge is -2.14. The molecule has 172 valence electrons. The molecule has 3 aromatic carbocycles. The summed E-state index contributed by atoms with van der Waals surface area (Å²) in [6.45, 7) is 1.57. The quantitative estimate of drug-likeness (QED) is 0.345. The van der Waals surface area contributed by atoms with Crippen molar-refractivity contribution in [2.45, 2.75) is 18.4 Å². The first-order chi connectivity index (χ1) is 15.5. The number of aromatic nitrogens is 2. The molecule has 0 saturated carbocycles. The average molecular weight is 533 g/mol. The Morgan fingerprint density at radius 2 is 1.73 bits per heavy atom. The van der Waals surface area contributed by atoms with Crippen molar-refractivity contribution in [3.63, 3.8) is 0 Å². The molecule has 0 atom stereocenters. The van der Waals surface area contributed by atoms with Gasteiger partial charge in [0.25, 0.3) is 15.6 Å². The highest BCUT2D eigenvalue weighted by Gasteiger charge is 2.23. The number of hydrogen-bond acceptors (Lipinski definition) is 3. The zero-order valence-corrected chi connectivity index (χ0v) is 19.8. The minimum absolute atomic E-state index is 0.00634. The van der Waals surface area contributed by atoms with Gasteiger partial charge in [-0.3, -0.25) is 19.3 Å². The molecule has 0 bridgehead atoms. The Morgan fingerprint density at radius 3 is 2.39 bits per heavy atom. The van der Waals surface area contributed by atoms with Crippen molar-refractivity contribution in [2.75, 3.05) is 4.72 Å². The van der Waals surface area contributed by atoms with Crippen LogP contribution in [0.25, 0.3) is 10.9 Å². The van der Waals surface area contributed by atoms with Gasteiger partial charge < -0.3 is 0 Å². The molecule has 2 N–H and O–H groups in total. The van der Waals surface area contributed by atoms with Crippen molar-refractivity contribution in [3.8, 4) is 0 Å². The Hall–Kier alpha value is -2.59. The molecular weight excluding hydrogens is 519 g/mol. The first-order valence-corrected chi connectivity index (χ1v) is 11.9. The number of fused-ring (bicyclic) bond motifs is 1. The molecule has 0 spiro atoms. The van der Waals surface area contributed by atoms with Gasteiger partial charge in [-0.1, -0.05) is 40.9 Å². The van der Waals surface area contributed by atoms with Crippen LogP contribution in [0.4, 0.5) is 14.5 Å². The van der Waals surface area contributed by atoms with Crippen molar-refractivity contribution in [2.24, 2.45) is 0 Å². The van der Waals surface area contributed by atoms with E-state index in [1.165, 1.54) is 35.0 Å². The number of sulfonamides is 1. The topological polar surface area (TPSA) is 84.0 Å². The van der Waals surface area contributed by atoms with Crippen LogP contribution in [0.15, 0.2) is 52.2 Å². The average Bonchev–Trinajstić information content (AvgIpc) is 2.98. The molecule has 4 aromatic rings. The number of aryl methyl sites for hydroxylation is 1. The van der Waals surface area contributed by atoms with Gasteiger partial charge in [0.1, 0.15) is 4.90 Å². The lowest BCUT2D eigenvalue weighted by molar-refractivity contribution is 0.506. The van der Waals surface area contributed by atoms with E-state index in [0.29, 0.717) is 16.6 Å². The molecule has 12 heteroatoms. The molecule has 4 rings (SSSR count). The number of H-pyrrole nitrogens is 1. The normalized spacial score (nSPS) is 11.8. The zero-order valence-electron chi connectivity index (χ0n) is 16.7. The molecule has 1 heterocycles. The predicted molar refractivity (Wildman–Crippen MR) is 125 cm³/mol. The number of aromatic amines is 1. The Kier molecular flexibility index (Phi) is 6.17. The second-order valence-electron chi connectivity index (χ2n) is 7.26. The highest BCUT2D eigenvalue weighted by atomic mass is 35.5. The summed E-state index contributed by atoms with van der Waals surface area (Å²) in [5.74, 6) is -2.00. The summed E-state index contributed by atoms with van der Waals surface area (Å²) in [6.07, 6.45) is 0. The van der Waals surface area contributed by atoms with Crippen molar-refractivity contribution < 1.29 is 17.2 Å². The molecule has 0 aliphatic carbocycles. The number of rotatable bonds is 5. The summed E-state index contributed by atoms with van der Waals surface area (Å²) in [4.78, 5) is 12.3. The van der Waals surface area contributed by atoms with Crippen LogP contribution in [0.5, 0.6) is 0 Å². The van der Waals surface area contributed by atoms with Crippen LogP contribution >= 0.6 is 34.8 Å². The summed E-state index contributed by atoms with van der Waals surface area (Å²) in [5.41, 5.74) is 0.512. The van der Waals surface area contributed by atoms with Gasteiger partial charge >= 0.3 is 0 Å². The first-order valence-electron chi connectivity index (χ1n) is 9.31. The SMILES string of the molecule is Cc1cc(Cl)cc(Cl)c1S(=O)(=O)Nc1cc2c(=O)[nH]n(Cc3ccc(F)c(F)c3)c2cc1Cl. The molecule has 0 saturated heterocycles. The Morgan fingerprint density at radius 1 is 1.00 bits per heavy atom. The maximum absolute atomic E-state index is 13.5. The minimum Gasteiger partial charge on any atom is -0.280 e. The van der Waals surface area contributed by atoms with E-state index in [4.69, 9.17) is 34.8 Å². The molecule has 0 aliphatic heterocycles. The van der Waals surface area contributed by atoms with E-state index in [-0.39, 0.29) is 37.6 Å². The van der Waals surface area contributed by atoms with Crippen LogP contribution < -0.4 is 10.3 Å². The number of hydrogen-bond donors (Lipinski definition) is 2. The van der Waals surface area contributed by atoms with E-state index >= 15 is 0 Å². The smallest absolute Gasteiger partial charge is 0.272 e. The predicted octanol–water partition coefficient (Wildman–Crippen LogP) is 5.73. The highest BCUT2D eigenvalue weighted by Crippen LogP contribution is 2.33. The van der Waals surface area contributed by atoms with Crippen LogP contribution in [0.2, 0.25) is 15.1 Å². The first kappa shape index (κ1) is 23.6.